The van der Waals surface area contributed by atoms with Crippen molar-refractivity contribution < 1.29 is 4.79 Å². The molecule has 1 amide bonds. The van der Waals surface area contributed by atoms with E-state index < -0.39 is 6.04 Å². The number of nitrogens with zero attached hydrogens (tertiary/aromatic N) is 1. The topological polar surface area (TPSA) is 68.0 Å². The minimum Gasteiger partial charge on any atom is -0.325 e. The Balaban J connectivity index is 2.58. The van der Waals surface area contributed by atoms with Crippen LogP contribution in [0, 0.1) is 5.92 Å². The van der Waals surface area contributed by atoms with E-state index in [4.69, 9.17) is 5.73 Å². The lowest BCUT2D eigenvalue weighted by atomic mass is 10.1. The molecule has 0 fully saturated rings. The van der Waals surface area contributed by atoms with E-state index >= 15 is 0 Å². The van der Waals surface area contributed by atoms with Gasteiger partial charge in [0, 0.05) is 18.1 Å². The summed E-state index contributed by atoms with van der Waals surface area (Å²) in [7, 11) is 0. The molecule has 0 aliphatic heterocycles. The Hall–Kier alpha value is -1.42. The third kappa shape index (κ3) is 2.81. The van der Waals surface area contributed by atoms with E-state index in [0.717, 1.165) is 5.69 Å². The fourth-order valence-corrected chi connectivity index (χ4v) is 0.964. The van der Waals surface area contributed by atoms with Crippen molar-refractivity contribution in [2.24, 2.45) is 11.7 Å². The Labute approximate surface area is 83.5 Å². The summed E-state index contributed by atoms with van der Waals surface area (Å²) >= 11 is 0. The van der Waals surface area contributed by atoms with Crippen LogP contribution in [0.25, 0.3) is 0 Å². The standard InChI is InChI=1S/C10H15N3O/c1-7(2)9(11)10(14)13-8-3-5-12-6-4-8/h3-7,9H,11H2,1-2H3,(H,12,13,14)/t9-/m0/s1. The summed E-state index contributed by atoms with van der Waals surface area (Å²) in [6.45, 7) is 3.83. The molecule has 76 valence electrons. The summed E-state index contributed by atoms with van der Waals surface area (Å²) in [5, 5.41) is 2.72. The number of aromatic nitrogens is 1. The number of carbonyl (C=O) groups excluding carboxylic acids is 1. The van der Waals surface area contributed by atoms with Crippen LogP contribution in [0.2, 0.25) is 0 Å². The summed E-state index contributed by atoms with van der Waals surface area (Å²) in [6.07, 6.45) is 3.24. The first-order chi connectivity index (χ1) is 6.61. The highest BCUT2D eigenvalue weighted by atomic mass is 16.2. The van der Waals surface area contributed by atoms with Crippen LogP contribution in [0.1, 0.15) is 13.8 Å². The second kappa shape index (κ2) is 4.72. The molecule has 0 aromatic carbocycles. The zero-order chi connectivity index (χ0) is 10.6. The smallest absolute Gasteiger partial charge is 0.241 e. The average molecular weight is 193 g/mol. The molecule has 3 N–H and O–H groups in total. The lowest BCUT2D eigenvalue weighted by Gasteiger charge is -2.14. The molecule has 0 aliphatic carbocycles. The van der Waals surface area contributed by atoms with Crippen molar-refractivity contribution in [3.05, 3.63) is 24.5 Å². The molecule has 0 spiro atoms. The maximum absolute atomic E-state index is 11.5. The van der Waals surface area contributed by atoms with Crippen LogP contribution < -0.4 is 11.1 Å². The summed E-state index contributed by atoms with van der Waals surface area (Å²) in [5.74, 6) is -0.0250. The fourth-order valence-electron chi connectivity index (χ4n) is 0.964. The highest BCUT2D eigenvalue weighted by Gasteiger charge is 2.16. The molecule has 0 bridgehead atoms. The molecule has 0 radical (unpaired) electrons. The first kappa shape index (κ1) is 10.7. The molecule has 4 heteroatoms. The molecule has 1 atom stereocenters. The minimum atomic E-state index is -0.469. The van der Waals surface area contributed by atoms with Crippen molar-refractivity contribution in [1.82, 2.24) is 4.98 Å². The largest absolute Gasteiger partial charge is 0.325 e. The van der Waals surface area contributed by atoms with Crippen LogP contribution in [0.4, 0.5) is 5.69 Å². The number of amides is 1. The van der Waals surface area contributed by atoms with Crippen LogP contribution in [0.15, 0.2) is 24.5 Å². The zero-order valence-electron chi connectivity index (χ0n) is 8.40. The van der Waals surface area contributed by atoms with Crippen molar-refractivity contribution in [3.63, 3.8) is 0 Å². The minimum absolute atomic E-state index is 0.136. The van der Waals surface area contributed by atoms with Gasteiger partial charge in [0.25, 0.3) is 0 Å². The zero-order valence-corrected chi connectivity index (χ0v) is 8.40. The van der Waals surface area contributed by atoms with E-state index in [0.29, 0.717) is 0 Å². The number of rotatable bonds is 3. The van der Waals surface area contributed by atoms with Gasteiger partial charge in [-0.3, -0.25) is 9.78 Å². The molecular weight excluding hydrogens is 178 g/mol. The molecular formula is C10H15N3O. The van der Waals surface area contributed by atoms with E-state index in [1.165, 1.54) is 0 Å². The summed E-state index contributed by atoms with van der Waals surface area (Å²) in [5.41, 5.74) is 6.40. The van der Waals surface area contributed by atoms with Crippen molar-refractivity contribution >= 4 is 11.6 Å². The number of hydrogen-bond donors (Lipinski definition) is 2. The van der Waals surface area contributed by atoms with Crippen LogP contribution in [0.3, 0.4) is 0 Å². The van der Waals surface area contributed by atoms with Gasteiger partial charge < -0.3 is 11.1 Å². The van der Waals surface area contributed by atoms with Crippen molar-refractivity contribution in [2.75, 3.05) is 5.32 Å². The van der Waals surface area contributed by atoms with E-state index in [-0.39, 0.29) is 11.8 Å². The van der Waals surface area contributed by atoms with Crippen LogP contribution >= 0.6 is 0 Å². The van der Waals surface area contributed by atoms with Crippen molar-refractivity contribution in [3.8, 4) is 0 Å². The van der Waals surface area contributed by atoms with Gasteiger partial charge >= 0.3 is 0 Å². The van der Waals surface area contributed by atoms with Gasteiger partial charge in [0.1, 0.15) is 0 Å². The molecule has 1 rings (SSSR count). The highest BCUT2D eigenvalue weighted by molar-refractivity contribution is 5.94. The summed E-state index contributed by atoms with van der Waals surface area (Å²) in [4.78, 5) is 15.3. The Kier molecular flexibility index (Phi) is 3.59. The predicted octanol–water partition coefficient (Wildman–Crippen LogP) is 1.00. The van der Waals surface area contributed by atoms with Crippen LogP contribution in [0.5, 0.6) is 0 Å². The van der Waals surface area contributed by atoms with Crippen LogP contribution in [-0.2, 0) is 4.79 Å². The molecule has 1 aromatic heterocycles. The third-order valence-electron chi connectivity index (χ3n) is 1.97. The maximum Gasteiger partial charge on any atom is 0.241 e. The lowest BCUT2D eigenvalue weighted by molar-refractivity contribution is -0.118. The third-order valence-corrected chi connectivity index (χ3v) is 1.97. The van der Waals surface area contributed by atoms with Gasteiger partial charge in [-0.25, -0.2) is 0 Å². The monoisotopic (exact) mass is 193 g/mol. The fraction of sp³-hybridized carbons (Fsp3) is 0.400. The first-order valence-electron chi connectivity index (χ1n) is 4.57. The van der Waals surface area contributed by atoms with E-state index in [1.54, 1.807) is 24.5 Å². The highest BCUT2D eigenvalue weighted by Crippen LogP contribution is 2.06. The van der Waals surface area contributed by atoms with Gasteiger partial charge in [-0.1, -0.05) is 13.8 Å². The normalized spacial score (nSPS) is 12.6. The summed E-state index contributed by atoms with van der Waals surface area (Å²) in [6, 6.07) is 2.98. The summed E-state index contributed by atoms with van der Waals surface area (Å²) < 4.78 is 0. The maximum atomic E-state index is 11.5. The number of nitrogens with two attached hydrogens (primary N) is 1. The molecule has 0 unspecified atom stereocenters. The van der Waals surface area contributed by atoms with E-state index in [2.05, 4.69) is 10.3 Å². The molecule has 4 nitrogen and oxygen atoms in total. The molecule has 0 saturated heterocycles. The number of carbonyl (C=O) groups is 1. The Morgan fingerprint density at radius 2 is 2.00 bits per heavy atom. The molecule has 0 saturated carbocycles. The van der Waals surface area contributed by atoms with Crippen LogP contribution in [-0.4, -0.2) is 16.9 Å². The number of hydrogen-bond acceptors (Lipinski definition) is 3. The van der Waals surface area contributed by atoms with Gasteiger partial charge in [0.15, 0.2) is 0 Å². The van der Waals surface area contributed by atoms with Gasteiger partial charge in [-0.05, 0) is 18.1 Å². The van der Waals surface area contributed by atoms with Crippen molar-refractivity contribution in [2.45, 2.75) is 19.9 Å². The second-order valence-electron chi connectivity index (χ2n) is 3.49. The van der Waals surface area contributed by atoms with Gasteiger partial charge in [-0.15, -0.1) is 0 Å². The average Bonchev–Trinajstić information content (AvgIpc) is 2.18. The number of anilines is 1. The number of pyridine rings is 1. The van der Waals surface area contributed by atoms with E-state index in [9.17, 15) is 4.79 Å². The van der Waals surface area contributed by atoms with Gasteiger partial charge in [0.2, 0.25) is 5.91 Å². The Morgan fingerprint density at radius 3 is 2.50 bits per heavy atom. The van der Waals surface area contributed by atoms with E-state index in [1.807, 2.05) is 13.8 Å². The predicted molar refractivity (Wildman–Crippen MR) is 55.7 cm³/mol. The Bertz CT molecular complexity index is 297. The quantitative estimate of drug-likeness (QED) is 0.752. The molecule has 14 heavy (non-hydrogen) atoms. The lowest BCUT2D eigenvalue weighted by Crippen LogP contribution is -2.39. The van der Waals surface area contributed by atoms with Crippen molar-refractivity contribution in [1.29, 1.82) is 0 Å². The van der Waals surface area contributed by atoms with Gasteiger partial charge in [-0.2, -0.15) is 0 Å². The number of nitrogens with one attached hydrogen (secondary N) is 1. The van der Waals surface area contributed by atoms with Gasteiger partial charge in [0.05, 0.1) is 6.04 Å². The second-order valence-corrected chi connectivity index (χ2v) is 3.49. The molecule has 0 aliphatic rings. The molecule has 1 aromatic rings. The first-order valence-corrected chi connectivity index (χ1v) is 4.57. The molecule has 1 heterocycles. The SMILES string of the molecule is CC(C)[C@H](N)C(=O)Nc1ccncc1. The Morgan fingerprint density at radius 1 is 1.43 bits per heavy atom.